The zero-order valence-electron chi connectivity index (χ0n) is 16.0. The minimum atomic E-state index is 0. The van der Waals surface area contributed by atoms with E-state index in [9.17, 15) is 5.11 Å². The van der Waals surface area contributed by atoms with E-state index in [-0.39, 0.29) is 29.7 Å². The average molecular weight is 473 g/mol. The molecule has 0 fully saturated rings. The largest absolute Gasteiger partial charge is 0.504 e. The molecule has 3 N–H and O–H groups in total. The molecule has 1 heterocycles. The standard InChI is InChI=1S/C18H27N5O2.HI/c1-6-19-18(21-11-15-12(2)22-23(4)13(15)3)20-10-14-8-7-9-16(25-5)17(14)24;/h7-9,24H,6,10-11H2,1-5H3,(H2,19,20,21);1H. The van der Waals surface area contributed by atoms with Gasteiger partial charge in [-0.2, -0.15) is 5.10 Å². The molecule has 2 rings (SSSR count). The summed E-state index contributed by atoms with van der Waals surface area (Å²) in [6.45, 7) is 7.81. The summed E-state index contributed by atoms with van der Waals surface area (Å²) in [7, 11) is 3.48. The lowest BCUT2D eigenvalue weighted by Gasteiger charge is -2.12. The number of phenolic OH excluding ortho intramolecular Hbond substituents is 1. The third-order valence-corrected chi connectivity index (χ3v) is 4.15. The summed E-state index contributed by atoms with van der Waals surface area (Å²) >= 11 is 0. The Labute approximate surface area is 171 Å². The van der Waals surface area contributed by atoms with Gasteiger partial charge in [0.2, 0.25) is 0 Å². The summed E-state index contributed by atoms with van der Waals surface area (Å²) in [5.74, 6) is 1.27. The third-order valence-electron chi connectivity index (χ3n) is 4.15. The Hall–Kier alpha value is -1.97. The fourth-order valence-corrected chi connectivity index (χ4v) is 2.61. The zero-order chi connectivity index (χ0) is 18.4. The van der Waals surface area contributed by atoms with Crippen molar-refractivity contribution in [3.05, 3.63) is 40.7 Å². The normalized spacial score (nSPS) is 11.0. The Bertz CT molecular complexity index is 758. The molecule has 0 amide bonds. The molecule has 0 atom stereocenters. The Kier molecular flexibility index (Phi) is 8.70. The van der Waals surface area contributed by atoms with Crippen molar-refractivity contribution in [3.63, 3.8) is 0 Å². The van der Waals surface area contributed by atoms with Gasteiger partial charge < -0.3 is 20.5 Å². The van der Waals surface area contributed by atoms with Crippen molar-refractivity contribution in [1.29, 1.82) is 0 Å². The number of aromatic nitrogens is 2. The van der Waals surface area contributed by atoms with E-state index in [2.05, 4.69) is 27.6 Å². The second kappa shape index (κ2) is 10.2. The number of halogens is 1. The van der Waals surface area contributed by atoms with E-state index >= 15 is 0 Å². The molecule has 26 heavy (non-hydrogen) atoms. The molecule has 0 aliphatic carbocycles. The van der Waals surface area contributed by atoms with E-state index in [1.54, 1.807) is 6.07 Å². The third kappa shape index (κ3) is 5.26. The number of methoxy groups -OCH3 is 1. The van der Waals surface area contributed by atoms with Crippen LogP contribution >= 0.6 is 24.0 Å². The van der Waals surface area contributed by atoms with E-state index in [0.29, 0.717) is 30.4 Å². The maximum absolute atomic E-state index is 10.2. The number of hydrogen-bond donors (Lipinski definition) is 3. The van der Waals surface area contributed by atoms with Gasteiger partial charge in [0.1, 0.15) is 0 Å². The molecule has 0 radical (unpaired) electrons. The Morgan fingerprint density at radius 1 is 1.31 bits per heavy atom. The molecule has 0 aliphatic rings. The predicted octanol–water partition coefficient (Wildman–Crippen LogP) is 2.62. The highest BCUT2D eigenvalue weighted by molar-refractivity contribution is 14.0. The van der Waals surface area contributed by atoms with Gasteiger partial charge in [-0.15, -0.1) is 24.0 Å². The number of aryl methyl sites for hydroxylation is 2. The smallest absolute Gasteiger partial charge is 0.191 e. The van der Waals surface area contributed by atoms with Gasteiger partial charge in [0.05, 0.1) is 19.3 Å². The van der Waals surface area contributed by atoms with Crippen LogP contribution in [0.5, 0.6) is 11.5 Å². The second-order valence-electron chi connectivity index (χ2n) is 5.79. The molecule has 0 spiro atoms. The van der Waals surface area contributed by atoms with Crippen LogP contribution in [-0.4, -0.2) is 34.5 Å². The number of ether oxygens (including phenoxy) is 1. The number of nitrogens with one attached hydrogen (secondary N) is 2. The van der Waals surface area contributed by atoms with Crippen molar-refractivity contribution in [2.45, 2.75) is 33.9 Å². The highest BCUT2D eigenvalue weighted by Gasteiger charge is 2.10. The van der Waals surface area contributed by atoms with Crippen LogP contribution in [0.25, 0.3) is 0 Å². The number of phenols is 1. The minimum absolute atomic E-state index is 0. The first-order chi connectivity index (χ1) is 12.0. The molecule has 7 nitrogen and oxygen atoms in total. The van der Waals surface area contributed by atoms with E-state index < -0.39 is 0 Å². The molecule has 0 unspecified atom stereocenters. The maximum atomic E-state index is 10.2. The molecular formula is C18H28IN5O2. The predicted molar refractivity (Wildman–Crippen MR) is 114 cm³/mol. The van der Waals surface area contributed by atoms with Crippen LogP contribution in [0.15, 0.2) is 23.2 Å². The summed E-state index contributed by atoms with van der Waals surface area (Å²) in [5.41, 5.74) is 4.02. The zero-order valence-corrected chi connectivity index (χ0v) is 18.3. The topological polar surface area (TPSA) is 83.7 Å². The molecule has 1 aromatic carbocycles. The first kappa shape index (κ1) is 22.1. The molecule has 0 saturated carbocycles. The molecule has 0 bridgehead atoms. The van der Waals surface area contributed by atoms with Gasteiger partial charge in [-0.25, -0.2) is 4.99 Å². The quantitative estimate of drug-likeness (QED) is 0.342. The van der Waals surface area contributed by atoms with Crippen molar-refractivity contribution in [2.75, 3.05) is 13.7 Å². The summed E-state index contributed by atoms with van der Waals surface area (Å²) in [5, 5.41) is 21.1. The van der Waals surface area contributed by atoms with Gasteiger partial charge in [-0.3, -0.25) is 4.68 Å². The van der Waals surface area contributed by atoms with E-state index in [1.165, 1.54) is 7.11 Å². The van der Waals surface area contributed by atoms with Crippen LogP contribution in [0.4, 0.5) is 0 Å². The van der Waals surface area contributed by atoms with Gasteiger partial charge in [0.25, 0.3) is 0 Å². The number of nitrogens with zero attached hydrogens (tertiary/aromatic N) is 3. The minimum Gasteiger partial charge on any atom is -0.504 e. The van der Waals surface area contributed by atoms with Gasteiger partial charge in [-0.1, -0.05) is 12.1 Å². The maximum Gasteiger partial charge on any atom is 0.191 e. The molecule has 8 heteroatoms. The fraction of sp³-hybridized carbons (Fsp3) is 0.444. The average Bonchev–Trinajstić information content (AvgIpc) is 2.83. The highest BCUT2D eigenvalue weighted by Crippen LogP contribution is 2.29. The van der Waals surface area contributed by atoms with Gasteiger partial charge in [0.15, 0.2) is 17.5 Å². The number of benzene rings is 1. The number of aliphatic imine (C=N–C) groups is 1. The summed E-state index contributed by atoms with van der Waals surface area (Å²) < 4.78 is 7.01. The Balaban J connectivity index is 0.00000338. The number of para-hydroxylation sites is 1. The van der Waals surface area contributed by atoms with Crippen LogP contribution < -0.4 is 15.4 Å². The van der Waals surface area contributed by atoms with Crippen LogP contribution in [0.3, 0.4) is 0 Å². The van der Waals surface area contributed by atoms with Gasteiger partial charge in [0, 0.05) is 37.0 Å². The lowest BCUT2D eigenvalue weighted by molar-refractivity contribution is 0.370. The molecular weight excluding hydrogens is 445 g/mol. The molecule has 2 aromatic rings. The summed E-state index contributed by atoms with van der Waals surface area (Å²) in [4.78, 5) is 4.55. The second-order valence-corrected chi connectivity index (χ2v) is 5.79. The molecule has 0 aliphatic heterocycles. The van der Waals surface area contributed by atoms with Gasteiger partial charge in [-0.05, 0) is 26.8 Å². The molecule has 144 valence electrons. The van der Waals surface area contributed by atoms with Crippen molar-refractivity contribution >= 4 is 29.9 Å². The van der Waals surface area contributed by atoms with Crippen LogP contribution in [0.2, 0.25) is 0 Å². The van der Waals surface area contributed by atoms with Crippen molar-refractivity contribution in [2.24, 2.45) is 12.0 Å². The van der Waals surface area contributed by atoms with Crippen LogP contribution in [0, 0.1) is 13.8 Å². The van der Waals surface area contributed by atoms with E-state index in [0.717, 1.165) is 23.5 Å². The lowest BCUT2D eigenvalue weighted by atomic mass is 10.2. The highest BCUT2D eigenvalue weighted by atomic mass is 127. The number of hydrogen-bond acceptors (Lipinski definition) is 4. The fourth-order valence-electron chi connectivity index (χ4n) is 2.61. The van der Waals surface area contributed by atoms with Gasteiger partial charge >= 0.3 is 0 Å². The first-order valence-corrected chi connectivity index (χ1v) is 8.34. The number of aromatic hydroxyl groups is 1. The van der Waals surface area contributed by atoms with Crippen LogP contribution in [-0.2, 0) is 20.1 Å². The molecule has 1 aromatic heterocycles. The van der Waals surface area contributed by atoms with Crippen LogP contribution in [0.1, 0.15) is 29.4 Å². The number of rotatable bonds is 6. The van der Waals surface area contributed by atoms with E-state index in [4.69, 9.17) is 4.74 Å². The Morgan fingerprint density at radius 3 is 2.62 bits per heavy atom. The van der Waals surface area contributed by atoms with Crippen molar-refractivity contribution in [1.82, 2.24) is 20.4 Å². The summed E-state index contributed by atoms with van der Waals surface area (Å²) in [6.07, 6.45) is 0. The van der Waals surface area contributed by atoms with E-state index in [1.807, 2.05) is 37.7 Å². The SMILES string of the molecule is CCNC(=NCc1cccc(OC)c1O)NCc1c(C)nn(C)c1C.I. The monoisotopic (exact) mass is 473 g/mol. The molecule has 0 saturated heterocycles. The number of guanidine groups is 1. The summed E-state index contributed by atoms with van der Waals surface area (Å²) in [6, 6.07) is 5.40. The van der Waals surface area contributed by atoms with Crippen molar-refractivity contribution in [3.8, 4) is 11.5 Å². The lowest BCUT2D eigenvalue weighted by Crippen LogP contribution is -2.37. The Morgan fingerprint density at radius 2 is 2.04 bits per heavy atom. The van der Waals surface area contributed by atoms with Crippen molar-refractivity contribution < 1.29 is 9.84 Å². The first-order valence-electron chi connectivity index (χ1n) is 8.34.